The second-order valence-corrected chi connectivity index (χ2v) is 6.05. The van der Waals surface area contributed by atoms with E-state index in [1.54, 1.807) is 44.6 Å². The van der Waals surface area contributed by atoms with Crippen molar-refractivity contribution in [3.8, 4) is 11.5 Å². The summed E-state index contributed by atoms with van der Waals surface area (Å²) in [5.41, 5.74) is 2.95. The summed E-state index contributed by atoms with van der Waals surface area (Å²) in [6.45, 7) is 1.70. The highest BCUT2D eigenvalue weighted by Crippen LogP contribution is 2.39. The van der Waals surface area contributed by atoms with E-state index in [-0.39, 0.29) is 5.56 Å². The standard InChI is InChI=1S/C19H21NO5/c1-24-16-7-8-17(25-2)18-14(16)10-20(11-15(18)21)9-12-3-5-13(6-4-12)19(22)23/h3-8,15,21H,9-11H2,1-2H3,(H,22,23). The Labute approximate surface area is 146 Å². The molecule has 2 aromatic carbocycles. The monoisotopic (exact) mass is 343 g/mol. The Hall–Kier alpha value is -2.57. The minimum atomic E-state index is -0.939. The number of hydrogen-bond acceptors (Lipinski definition) is 5. The van der Waals surface area contributed by atoms with Crippen LogP contribution < -0.4 is 9.47 Å². The molecule has 0 spiro atoms. The SMILES string of the molecule is COc1ccc(OC)c2c1CN(Cc1ccc(C(=O)O)cc1)CC2O. The number of ether oxygens (including phenoxy) is 2. The molecule has 0 amide bonds. The number of β-amino-alcohol motifs (C(OH)–C–C–N with tert-alkyl or cyclic N) is 1. The van der Waals surface area contributed by atoms with Crippen LogP contribution in [0.25, 0.3) is 0 Å². The van der Waals surface area contributed by atoms with E-state index in [9.17, 15) is 9.90 Å². The number of carbonyl (C=O) groups is 1. The van der Waals surface area contributed by atoms with Gasteiger partial charge in [-0.2, -0.15) is 0 Å². The van der Waals surface area contributed by atoms with Crippen LogP contribution in [0.15, 0.2) is 36.4 Å². The van der Waals surface area contributed by atoms with E-state index < -0.39 is 12.1 Å². The van der Waals surface area contributed by atoms with Crippen LogP contribution in [-0.2, 0) is 13.1 Å². The van der Waals surface area contributed by atoms with E-state index in [0.29, 0.717) is 25.4 Å². The van der Waals surface area contributed by atoms with Gasteiger partial charge in [0.2, 0.25) is 0 Å². The fourth-order valence-electron chi connectivity index (χ4n) is 3.28. The normalized spacial score (nSPS) is 17.0. The van der Waals surface area contributed by atoms with E-state index in [0.717, 1.165) is 22.4 Å². The van der Waals surface area contributed by atoms with Crippen molar-refractivity contribution in [2.75, 3.05) is 20.8 Å². The molecule has 1 unspecified atom stereocenters. The Bertz CT molecular complexity index is 772. The fourth-order valence-corrected chi connectivity index (χ4v) is 3.28. The molecule has 1 heterocycles. The van der Waals surface area contributed by atoms with Gasteiger partial charge in [0.05, 0.1) is 25.9 Å². The smallest absolute Gasteiger partial charge is 0.335 e. The Morgan fingerprint density at radius 3 is 2.36 bits per heavy atom. The summed E-state index contributed by atoms with van der Waals surface area (Å²) in [5.74, 6) is 0.445. The molecule has 6 nitrogen and oxygen atoms in total. The molecule has 0 aromatic heterocycles. The molecule has 25 heavy (non-hydrogen) atoms. The highest BCUT2D eigenvalue weighted by molar-refractivity contribution is 5.87. The van der Waals surface area contributed by atoms with Crippen molar-refractivity contribution < 1.29 is 24.5 Å². The van der Waals surface area contributed by atoms with Gasteiger partial charge < -0.3 is 19.7 Å². The average Bonchev–Trinajstić information content (AvgIpc) is 2.61. The van der Waals surface area contributed by atoms with Crippen molar-refractivity contribution in [1.29, 1.82) is 0 Å². The summed E-state index contributed by atoms with van der Waals surface area (Å²) in [4.78, 5) is 13.0. The molecular weight excluding hydrogens is 322 g/mol. The maximum atomic E-state index is 10.9. The number of hydrogen-bond donors (Lipinski definition) is 2. The summed E-state index contributed by atoms with van der Waals surface area (Å²) in [6.07, 6.45) is -0.674. The first-order valence-electron chi connectivity index (χ1n) is 8.00. The number of rotatable bonds is 5. The number of carboxylic acid groups (broad SMARTS) is 1. The minimum Gasteiger partial charge on any atom is -0.496 e. The number of benzene rings is 2. The van der Waals surface area contributed by atoms with Crippen molar-refractivity contribution in [1.82, 2.24) is 4.90 Å². The van der Waals surface area contributed by atoms with Gasteiger partial charge in [0.1, 0.15) is 11.5 Å². The lowest BCUT2D eigenvalue weighted by Crippen LogP contribution is -2.33. The fraction of sp³-hybridized carbons (Fsp3) is 0.316. The first kappa shape index (κ1) is 17.3. The zero-order valence-electron chi connectivity index (χ0n) is 14.2. The van der Waals surface area contributed by atoms with Gasteiger partial charge in [-0.15, -0.1) is 0 Å². The molecule has 1 atom stereocenters. The molecule has 1 aliphatic rings. The summed E-state index contributed by atoms with van der Waals surface area (Å²) >= 11 is 0. The van der Waals surface area contributed by atoms with E-state index in [1.165, 1.54) is 0 Å². The van der Waals surface area contributed by atoms with E-state index in [1.807, 2.05) is 6.07 Å². The summed E-state index contributed by atoms with van der Waals surface area (Å²) in [6, 6.07) is 10.4. The van der Waals surface area contributed by atoms with Crippen LogP contribution in [0.1, 0.15) is 33.2 Å². The maximum absolute atomic E-state index is 10.9. The topological polar surface area (TPSA) is 79.2 Å². The maximum Gasteiger partial charge on any atom is 0.335 e. The number of methoxy groups -OCH3 is 2. The van der Waals surface area contributed by atoms with Crippen LogP contribution in [0.2, 0.25) is 0 Å². The first-order valence-corrected chi connectivity index (χ1v) is 8.00. The summed E-state index contributed by atoms with van der Waals surface area (Å²) < 4.78 is 10.8. The second-order valence-electron chi connectivity index (χ2n) is 6.05. The van der Waals surface area contributed by atoms with Crippen molar-refractivity contribution >= 4 is 5.97 Å². The van der Waals surface area contributed by atoms with Crippen LogP contribution in [-0.4, -0.2) is 41.8 Å². The number of fused-ring (bicyclic) bond motifs is 1. The van der Waals surface area contributed by atoms with Crippen LogP contribution >= 0.6 is 0 Å². The van der Waals surface area contributed by atoms with Crippen molar-refractivity contribution in [2.24, 2.45) is 0 Å². The summed E-state index contributed by atoms with van der Waals surface area (Å²) in [7, 11) is 3.20. The number of aromatic carboxylic acids is 1. The third-order valence-corrected chi connectivity index (χ3v) is 4.47. The third kappa shape index (κ3) is 3.45. The zero-order chi connectivity index (χ0) is 18.0. The lowest BCUT2D eigenvalue weighted by Gasteiger charge is -2.34. The van der Waals surface area contributed by atoms with Crippen molar-refractivity contribution in [3.63, 3.8) is 0 Å². The predicted octanol–water partition coefficient (Wildman–Crippen LogP) is 2.45. The van der Waals surface area contributed by atoms with Gasteiger partial charge in [-0.1, -0.05) is 12.1 Å². The average molecular weight is 343 g/mol. The van der Waals surface area contributed by atoms with Crippen molar-refractivity contribution in [2.45, 2.75) is 19.2 Å². The molecule has 1 aliphatic heterocycles. The molecule has 0 aliphatic carbocycles. The van der Waals surface area contributed by atoms with Crippen LogP contribution in [0.4, 0.5) is 0 Å². The van der Waals surface area contributed by atoms with Gasteiger partial charge in [-0.3, -0.25) is 4.90 Å². The highest BCUT2D eigenvalue weighted by atomic mass is 16.5. The molecule has 6 heteroatoms. The van der Waals surface area contributed by atoms with E-state index >= 15 is 0 Å². The van der Waals surface area contributed by atoms with Crippen LogP contribution in [0.5, 0.6) is 11.5 Å². The Kier molecular flexibility index (Phi) is 4.92. The highest BCUT2D eigenvalue weighted by Gasteiger charge is 2.29. The number of aliphatic hydroxyl groups is 1. The predicted molar refractivity (Wildman–Crippen MR) is 92.0 cm³/mol. The van der Waals surface area contributed by atoms with Gasteiger partial charge in [-0.05, 0) is 29.8 Å². The third-order valence-electron chi connectivity index (χ3n) is 4.47. The van der Waals surface area contributed by atoms with Gasteiger partial charge in [-0.25, -0.2) is 4.79 Å². The molecular formula is C19H21NO5. The van der Waals surface area contributed by atoms with Gasteiger partial charge in [0.15, 0.2) is 0 Å². The summed E-state index contributed by atoms with van der Waals surface area (Å²) in [5, 5.41) is 19.6. The quantitative estimate of drug-likeness (QED) is 0.868. The van der Waals surface area contributed by atoms with Gasteiger partial charge >= 0.3 is 5.97 Å². The second kappa shape index (κ2) is 7.13. The Morgan fingerprint density at radius 1 is 1.12 bits per heavy atom. The van der Waals surface area contributed by atoms with Crippen molar-refractivity contribution in [3.05, 3.63) is 58.7 Å². The molecule has 0 radical (unpaired) electrons. The van der Waals surface area contributed by atoms with Gasteiger partial charge in [0, 0.05) is 30.8 Å². The lowest BCUT2D eigenvalue weighted by molar-refractivity contribution is 0.0697. The van der Waals surface area contributed by atoms with Crippen LogP contribution in [0, 0.1) is 0 Å². The number of nitrogens with zero attached hydrogens (tertiary/aromatic N) is 1. The Balaban J connectivity index is 1.84. The molecule has 132 valence electrons. The lowest BCUT2D eigenvalue weighted by atomic mass is 9.94. The minimum absolute atomic E-state index is 0.263. The molecule has 0 bridgehead atoms. The number of carboxylic acids is 1. The van der Waals surface area contributed by atoms with Crippen LogP contribution in [0.3, 0.4) is 0 Å². The zero-order valence-corrected chi connectivity index (χ0v) is 14.2. The molecule has 0 saturated carbocycles. The van der Waals surface area contributed by atoms with E-state index in [2.05, 4.69) is 4.90 Å². The molecule has 3 rings (SSSR count). The first-order chi connectivity index (χ1) is 12.0. The molecule has 2 N–H and O–H groups in total. The molecule has 0 fully saturated rings. The molecule has 2 aromatic rings. The number of aliphatic hydroxyl groups excluding tert-OH is 1. The van der Waals surface area contributed by atoms with Gasteiger partial charge in [0.25, 0.3) is 0 Å². The largest absolute Gasteiger partial charge is 0.496 e. The Morgan fingerprint density at radius 2 is 1.76 bits per heavy atom. The van der Waals surface area contributed by atoms with E-state index in [4.69, 9.17) is 14.6 Å². The molecule has 0 saturated heterocycles.